The van der Waals surface area contributed by atoms with E-state index in [9.17, 15) is 23.6 Å². The van der Waals surface area contributed by atoms with Gasteiger partial charge in [-0.15, -0.1) is 11.8 Å². The average molecular weight is 284 g/mol. The van der Waals surface area contributed by atoms with Crippen molar-refractivity contribution >= 4 is 15.7 Å². The van der Waals surface area contributed by atoms with Crippen molar-refractivity contribution in [3.05, 3.63) is 28.3 Å². The smallest absolute Gasteiger partial charge is 0.312 e. The van der Waals surface area contributed by atoms with Gasteiger partial charge in [0.1, 0.15) is 0 Å². The molecule has 0 unspecified atom stereocenters. The highest BCUT2D eigenvalue weighted by Crippen LogP contribution is 2.27. The van der Waals surface area contributed by atoms with Gasteiger partial charge in [0.15, 0.2) is 5.75 Å². The highest BCUT2D eigenvalue weighted by Gasteiger charge is 2.20. The third-order valence-electron chi connectivity index (χ3n) is 2.17. The zero-order valence-corrected chi connectivity index (χ0v) is 10.9. The molecule has 102 valence electrons. The summed E-state index contributed by atoms with van der Waals surface area (Å²) >= 11 is 0. The Labute approximate surface area is 110 Å². The lowest BCUT2D eigenvalue weighted by atomic mass is 10.3. The van der Waals surface area contributed by atoms with E-state index >= 15 is 0 Å². The maximum Gasteiger partial charge on any atom is 0.312 e. The van der Waals surface area contributed by atoms with Gasteiger partial charge in [0.25, 0.3) is 0 Å². The Morgan fingerprint density at radius 3 is 2.74 bits per heavy atom. The number of hydrogen-bond donors (Lipinski definition) is 2. The summed E-state index contributed by atoms with van der Waals surface area (Å²) in [6.45, 7) is 1.75. The van der Waals surface area contributed by atoms with Crippen LogP contribution in [-0.4, -0.2) is 25.0 Å². The fourth-order valence-corrected chi connectivity index (χ4v) is 2.32. The second-order valence-electron chi connectivity index (χ2n) is 3.48. The largest absolute Gasteiger partial charge is 0.502 e. The maximum atomic E-state index is 11.8. The molecule has 0 radical (unpaired) electrons. The number of nitrogens with zero attached hydrogens (tertiary/aromatic N) is 1. The molecule has 0 aliphatic rings. The molecule has 1 aromatic carbocycles. The lowest BCUT2D eigenvalue weighted by molar-refractivity contribution is -0.386. The Balaban J connectivity index is 2.97. The number of nitrogens with one attached hydrogen (secondary N) is 1. The van der Waals surface area contributed by atoms with E-state index in [0.717, 1.165) is 18.2 Å². The van der Waals surface area contributed by atoms with Crippen LogP contribution in [0.3, 0.4) is 0 Å². The van der Waals surface area contributed by atoms with Gasteiger partial charge in [-0.1, -0.05) is 0 Å². The number of benzene rings is 1. The molecular weight excluding hydrogens is 272 g/mol. The molecule has 1 aromatic rings. The van der Waals surface area contributed by atoms with E-state index in [1.165, 1.54) is 0 Å². The minimum absolute atomic E-state index is 0.109. The van der Waals surface area contributed by atoms with E-state index in [-0.39, 0.29) is 11.4 Å². The van der Waals surface area contributed by atoms with E-state index in [1.807, 2.05) is 0 Å². The summed E-state index contributed by atoms with van der Waals surface area (Å²) in [5.74, 6) is 4.72. The van der Waals surface area contributed by atoms with Gasteiger partial charge in [-0.25, -0.2) is 13.1 Å². The maximum absolute atomic E-state index is 11.8. The lowest BCUT2D eigenvalue weighted by Crippen LogP contribution is -2.24. The van der Waals surface area contributed by atoms with Crippen LogP contribution in [0, 0.1) is 22.0 Å². The normalized spacial score (nSPS) is 10.6. The second kappa shape index (κ2) is 6.17. The van der Waals surface area contributed by atoms with Gasteiger partial charge < -0.3 is 5.11 Å². The molecular formula is C11H12N2O5S. The third-order valence-corrected chi connectivity index (χ3v) is 3.63. The van der Waals surface area contributed by atoms with Crippen LogP contribution in [0.4, 0.5) is 5.69 Å². The molecule has 0 atom stereocenters. The highest BCUT2D eigenvalue weighted by atomic mass is 32.2. The quantitative estimate of drug-likeness (QED) is 0.362. The lowest BCUT2D eigenvalue weighted by Gasteiger charge is -2.05. The number of nitro groups is 1. The number of hydrogen-bond acceptors (Lipinski definition) is 5. The van der Waals surface area contributed by atoms with Crippen molar-refractivity contribution in [3.8, 4) is 17.6 Å². The molecule has 0 aliphatic heterocycles. The molecule has 7 nitrogen and oxygen atoms in total. The molecule has 0 saturated heterocycles. The van der Waals surface area contributed by atoms with Gasteiger partial charge in [0.05, 0.1) is 9.82 Å². The summed E-state index contributed by atoms with van der Waals surface area (Å²) in [5.41, 5.74) is -0.656. The third kappa shape index (κ3) is 3.94. The number of aromatic hydroxyl groups is 1. The van der Waals surface area contributed by atoms with Crippen molar-refractivity contribution in [1.29, 1.82) is 0 Å². The van der Waals surface area contributed by atoms with Gasteiger partial charge in [-0.2, -0.15) is 0 Å². The first-order valence-corrected chi connectivity index (χ1v) is 6.73. The molecule has 0 amide bonds. The van der Waals surface area contributed by atoms with Crippen LogP contribution in [0.2, 0.25) is 0 Å². The first-order valence-electron chi connectivity index (χ1n) is 5.25. The first-order chi connectivity index (χ1) is 8.88. The molecule has 0 saturated carbocycles. The van der Waals surface area contributed by atoms with Gasteiger partial charge in [0.2, 0.25) is 10.0 Å². The summed E-state index contributed by atoms with van der Waals surface area (Å²) in [4.78, 5) is 9.49. The van der Waals surface area contributed by atoms with Crippen LogP contribution in [-0.2, 0) is 10.0 Å². The van der Waals surface area contributed by atoms with E-state index < -0.39 is 26.4 Å². The summed E-state index contributed by atoms with van der Waals surface area (Å²) in [7, 11) is -3.85. The highest BCUT2D eigenvalue weighted by molar-refractivity contribution is 7.89. The predicted octanol–water partition coefficient (Wildman–Crippen LogP) is 0.992. The second-order valence-corrected chi connectivity index (χ2v) is 5.25. The van der Waals surface area contributed by atoms with Gasteiger partial charge in [-0.05, 0) is 19.1 Å². The Morgan fingerprint density at radius 2 is 2.16 bits per heavy atom. The number of rotatable bonds is 5. The molecule has 0 heterocycles. The van der Waals surface area contributed by atoms with Crippen molar-refractivity contribution in [1.82, 2.24) is 4.72 Å². The van der Waals surface area contributed by atoms with Crippen LogP contribution in [0.25, 0.3) is 0 Å². The summed E-state index contributed by atoms with van der Waals surface area (Å²) in [5, 5.41) is 19.9. The standard InChI is InChI=1S/C11H12N2O5S/c1-2-3-4-7-12-19(17,18)9-5-6-11(14)10(8-9)13(15)16/h5-6,8,12,14H,4,7H2,1H3. The molecule has 0 aliphatic carbocycles. The SMILES string of the molecule is CC#CCCNS(=O)(=O)c1ccc(O)c([N+](=O)[O-])c1. The van der Waals surface area contributed by atoms with E-state index in [4.69, 9.17) is 0 Å². The van der Waals surface area contributed by atoms with Gasteiger partial charge >= 0.3 is 5.69 Å². The monoisotopic (exact) mass is 284 g/mol. The van der Waals surface area contributed by atoms with Crippen LogP contribution >= 0.6 is 0 Å². The van der Waals surface area contributed by atoms with Crippen LogP contribution in [0.15, 0.2) is 23.1 Å². The molecule has 0 bridgehead atoms. The number of phenols is 1. The van der Waals surface area contributed by atoms with Crippen molar-refractivity contribution in [2.45, 2.75) is 18.2 Å². The predicted molar refractivity (Wildman–Crippen MR) is 68.0 cm³/mol. The molecule has 1 rings (SSSR count). The molecule has 8 heteroatoms. The molecule has 0 fully saturated rings. The van der Waals surface area contributed by atoms with Crippen molar-refractivity contribution in [2.24, 2.45) is 0 Å². The van der Waals surface area contributed by atoms with Crippen molar-refractivity contribution < 1.29 is 18.4 Å². The van der Waals surface area contributed by atoms with E-state index in [0.29, 0.717) is 6.42 Å². The van der Waals surface area contributed by atoms with Gasteiger partial charge in [-0.3, -0.25) is 10.1 Å². The summed E-state index contributed by atoms with van der Waals surface area (Å²) in [6, 6.07) is 2.87. The van der Waals surface area contributed by atoms with Crippen molar-refractivity contribution in [2.75, 3.05) is 6.54 Å². The number of sulfonamides is 1. The first kappa shape index (κ1) is 14.9. The minimum atomic E-state index is -3.85. The average Bonchev–Trinajstić information content (AvgIpc) is 2.34. The summed E-state index contributed by atoms with van der Waals surface area (Å²) in [6.07, 6.45) is 0.343. The molecule has 0 spiro atoms. The van der Waals surface area contributed by atoms with Crippen LogP contribution in [0.1, 0.15) is 13.3 Å². The Kier molecular flexibility index (Phi) is 4.86. The Bertz CT molecular complexity index is 643. The summed E-state index contributed by atoms with van der Waals surface area (Å²) < 4.78 is 25.9. The van der Waals surface area contributed by atoms with Crippen LogP contribution in [0.5, 0.6) is 5.75 Å². The Hall–Kier alpha value is -2.11. The van der Waals surface area contributed by atoms with Crippen LogP contribution < -0.4 is 4.72 Å². The molecule has 0 aromatic heterocycles. The van der Waals surface area contributed by atoms with E-state index in [2.05, 4.69) is 16.6 Å². The fourth-order valence-electron chi connectivity index (χ4n) is 1.27. The number of nitro benzene ring substituents is 1. The molecule has 2 N–H and O–H groups in total. The molecule has 19 heavy (non-hydrogen) atoms. The Morgan fingerprint density at radius 1 is 1.47 bits per heavy atom. The van der Waals surface area contributed by atoms with Gasteiger partial charge in [0, 0.05) is 19.0 Å². The zero-order chi connectivity index (χ0) is 14.5. The van der Waals surface area contributed by atoms with E-state index in [1.54, 1.807) is 6.92 Å². The topological polar surface area (TPSA) is 110 Å². The number of phenolic OH excluding ortho intramolecular Hbond substituents is 1. The van der Waals surface area contributed by atoms with Crippen molar-refractivity contribution in [3.63, 3.8) is 0 Å². The fraction of sp³-hybridized carbons (Fsp3) is 0.273. The minimum Gasteiger partial charge on any atom is -0.502 e. The zero-order valence-electron chi connectivity index (χ0n) is 10.1.